The summed E-state index contributed by atoms with van der Waals surface area (Å²) in [5.74, 6) is -5.02. The molecule has 0 aromatic carbocycles. The number of carbonyl (C=O) groups is 1. The minimum Gasteiger partial charge on any atom is -0.504 e. The van der Waals surface area contributed by atoms with E-state index >= 15 is 0 Å². The third-order valence-corrected chi connectivity index (χ3v) is 10.6. The lowest BCUT2D eigenvalue weighted by Gasteiger charge is -2.51. The molecule has 17 atom stereocenters. The van der Waals surface area contributed by atoms with Crippen molar-refractivity contribution < 1.29 is 60.2 Å². The van der Waals surface area contributed by atoms with Crippen LogP contribution in [0.2, 0.25) is 0 Å². The zero-order valence-corrected chi connectivity index (χ0v) is 22.7. The van der Waals surface area contributed by atoms with Crippen molar-refractivity contribution in [3.05, 3.63) is 23.5 Å². The van der Waals surface area contributed by atoms with Gasteiger partial charge in [-0.25, -0.2) is 0 Å². The van der Waals surface area contributed by atoms with E-state index in [-0.39, 0.29) is 62.4 Å². The predicted octanol–water partition coefficient (Wildman–Crippen LogP) is -1.79. The summed E-state index contributed by atoms with van der Waals surface area (Å²) in [6, 6.07) is 0. The van der Waals surface area contributed by atoms with Gasteiger partial charge in [-0.2, -0.15) is 0 Å². The SMILES string of the molecule is O=C1C(O)=CC([C@H]2OC3CC(O)CC(O)C3C[C@H]2O)=CC2C1C(O)C(O)CC2[C@H]1OC2CC(O)CC(O)C2C[C@@H]1O. The van der Waals surface area contributed by atoms with Crippen LogP contribution in [0.1, 0.15) is 44.9 Å². The topological polar surface area (TPSA) is 218 Å². The Bertz CT molecular complexity index is 1060. The largest absolute Gasteiger partial charge is 0.504 e. The fourth-order valence-electron chi connectivity index (χ4n) is 8.55. The Labute approximate surface area is 237 Å². The molecule has 2 saturated heterocycles. The molecule has 0 radical (unpaired) electrons. The van der Waals surface area contributed by atoms with Gasteiger partial charge < -0.3 is 55.4 Å². The average molecular weight is 583 g/mol. The maximum atomic E-state index is 13.4. The Kier molecular flexibility index (Phi) is 8.12. The third-order valence-electron chi connectivity index (χ3n) is 10.6. The van der Waals surface area contributed by atoms with Gasteiger partial charge in [-0.3, -0.25) is 4.79 Å². The van der Waals surface area contributed by atoms with Crippen LogP contribution in [-0.2, 0) is 14.3 Å². The minimum atomic E-state index is -1.51. The highest BCUT2D eigenvalue weighted by atomic mass is 16.5. The van der Waals surface area contributed by atoms with E-state index in [1.807, 2.05) is 0 Å². The van der Waals surface area contributed by atoms with E-state index in [1.54, 1.807) is 6.08 Å². The van der Waals surface area contributed by atoms with Crippen molar-refractivity contribution in [3.63, 3.8) is 0 Å². The lowest BCUT2D eigenvalue weighted by atomic mass is 9.63. The van der Waals surface area contributed by atoms with E-state index in [9.17, 15) is 50.8 Å². The average Bonchev–Trinajstić information content (AvgIpc) is 3.03. The summed E-state index contributed by atoms with van der Waals surface area (Å²) in [6.07, 6.45) is -7.17. The van der Waals surface area contributed by atoms with E-state index in [0.29, 0.717) is 0 Å². The number of allylic oxidation sites excluding steroid dienone is 2. The van der Waals surface area contributed by atoms with Gasteiger partial charge in [0.15, 0.2) is 5.76 Å². The molecule has 5 fully saturated rings. The summed E-state index contributed by atoms with van der Waals surface area (Å²) < 4.78 is 12.5. The zero-order chi connectivity index (χ0) is 29.3. The Morgan fingerprint density at radius 1 is 0.634 bits per heavy atom. The van der Waals surface area contributed by atoms with Crippen molar-refractivity contribution in [1.82, 2.24) is 0 Å². The van der Waals surface area contributed by atoms with E-state index in [1.165, 1.54) is 6.08 Å². The van der Waals surface area contributed by atoms with Crippen LogP contribution in [0.5, 0.6) is 0 Å². The highest BCUT2D eigenvalue weighted by Crippen LogP contribution is 2.48. The first-order chi connectivity index (χ1) is 19.4. The van der Waals surface area contributed by atoms with Crippen LogP contribution in [0.25, 0.3) is 0 Å². The maximum Gasteiger partial charge on any atom is 0.203 e. The molecule has 0 aromatic rings. The second kappa shape index (κ2) is 11.2. The molecular weight excluding hydrogens is 540 g/mol. The van der Waals surface area contributed by atoms with Crippen LogP contribution in [0.4, 0.5) is 0 Å². The molecule has 13 unspecified atom stereocenters. The van der Waals surface area contributed by atoms with Crippen molar-refractivity contribution in [2.75, 3.05) is 0 Å². The number of aliphatic hydroxyl groups is 9. The first-order valence-electron chi connectivity index (χ1n) is 14.8. The van der Waals surface area contributed by atoms with Crippen LogP contribution < -0.4 is 0 Å². The van der Waals surface area contributed by atoms with Crippen molar-refractivity contribution in [2.24, 2.45) is 29.6 Å². The number of fused-ring (bicyclic) bond motifs is 3. The maximum absolute atomic E-state index is 13.4. The van der Waals surface area contributed by atoms with Gasteiger partial charge in [0.2, 0.25) is 5.78 Å². The van der Waals surface area contributed by atoms with Crippen molar-refractivity contribution in [3.8, 4) is 0 Å². The Morgan fingerprint density at radius 3 is 1.83 bits per heavy atom. The molecule has 6 rings (SSSR count). The quantitative estimate of drug-likeness (QED) is 0.176. The minimum absolute atomic E-state index is 0.0263. The smallest absolute Gasteiger partial charge is 0.203 e. The monoisotopic (exact) mass is 582 g/mol. The summed E-state index contributed by atoms with van der Waals surface area (Å²) in [5.41, 5.74) is 0.282. The van der Waals surface area contributed by atoms with Crippen LogP contribution in [0, 0.1) is 29.6 Å². The van der Waals surface area contributed by atoms with E-state index in [0.717, 1.165) is 0 Å². The third kappa shape index (κ3) is 5.30. The van der Waals surface area contributed by atoms with Gasteiger partial charge in [0.25, 0.3) is 0 Å². The first kappa shape index (κ1) is 29.6. The predicted molar refractivity (Wildman–Crippen MR) is 139 cm³/mol. The molecule has 4 aliphatic carbocycles. The van der Waals surface area contributed by atoms with Crippen LogP contribution >= 0.6 is 0 Å². The van der Waals surface area contributed by atoms with Crippen molar-refractivity contribution in [1.29, 1.82) is 0 Å². The normalized spacial score (nSPS) is 54.1. The first-order valence-corrected chi connectivity index (χ1v) is 14.8. The van der Waals surface area contributed by atoms with Gasteiger partial charge in [-0.05, 0) is 68.4 Å². The Balaban J connectivity index is 1.33. The molecule has 3 saturated carbocycles. The summed E-state index contributed by atoms with van der Waals surface area (Å²) in [5, 5.41) is 96.2. The lowest BCUT2D eigenvalue weighted by Crippen LogP contribution is -2.59. The number of hydrogen-bond donors (Lipinski definition) is 9. The standard InChI is InChI=1S/C29H42O12/c30-11-3-17(32)15-8-21(36)28(40-23(15)5-11)10-1-13-14(7-20(35)27(39)25(13)26(38)19(34)2-10)29-22(37)9-16-18(33)4-12(31)6-24(16)41-29/h1-2,11-18,20-25,27-37,39H,3-9H2/t11?,12?,13?,14?,15?,16?,17?,18?,20?,21-,22+,23?,24?,25?,27?,28-,29-/m1/s1. The number of hydrogen-bond acceptors (Lipinski definition) is 12. The molecule has 0 bridgehead atoms. The van der Waals surface area contributed by atoms with Crippen LogP contribution in [0.3, 0.4) is 0 Å². The summed E-state index contributed by atoms with van der Waals surface area (Å²) in [4.78, 5) is 13.4. The number of carbonyl (C=O) groups excluding carboxylic acids is 1. The second-order valence-electron chi connectivity index (χ2n) is 13.2. The molecule has 12 heteroatoms. The number of ketones is 1. The number of rotatable bonds is 2. The molecule has 2 heterocycles. The van der Waals surface area contributed by atoms with Crippen molar-refractivity contribution in [2.45, 2.75) is 118 Å². The van der Waals surface area contributed by atoms with E-state index in [2.05, 4.69) is 0 Å². The van der Waals surface area contributed by atoms with Crippen LogP contribution in [-0.4, -0.2) is 125 Å². The number of Topliss-reactive ketones (excluding diaryl/α,β-unsaturated/α-hetero) is 1. The fraction of sp³-hybridized carbons (Fsp3) is 0.828. The fourth-order valence-corrected chi connectivity index (χ4v) is 8.55. The molecule has 41 heavy (non-hydrogen) atoms. The van der Waals surface area contributed by atoms with E-state index < -0.39 is 103 Å². The Hall–Kier alpha value is -1.45. The van der Waals surface area contributed by atoms with Gasteiger partial charge in [0.1, 0.15) is 6.10 Å². The molecule has 12 nitrogen and oxygen atoms in total. The lowest BCUT2D eigenvalue weighted by molar-refractivity contribution is -0.224. The second-order valence-corrected chi connectivity index (χ2v) is 13.2. The summed E-state index contributed by atoms with van der Waals surface area (Å²) >= 11 is 0. The number of ether oxygens (including phenoxy) is 2. The van der Waals surface area contributed by atoms with Crippen molar-refractivity contribution >= 4 is 5.78 Å². The van der Waals surface area contributed by atoms with Gasteiger partial charge in [-0.15, -0.1) is 0 Å². The molecule has 0 aromatic heterocycles. The summed E-state index contributed by atoms with van der Waals surface area (Å²) in [6.45, 7) is 0. The molecule has 6 aliphatic rings. The molecule has 0 spiro atoms. The molecule has 230 valence electrons. The van der Waals surface area contributed by atoms with Gasteiger partial charge in [0.05, 0.1) is 73.1 Å². The van der Waals surface area contributed by atoms with Gasteiger partial charge in [0, 0.05) is 11.8 Å². The summed E-state index contributed by atoms with van der Waals surface area (Å²) in [7, 11) is 0. The van der Waals surface area contributed by atoms with Crippen LogP contribution in [0.15, 0.2) is 23.5 Å². The Morgan fingerprint density at radius 2 is 1.20 bits per heavy atom. The molecule has 9 N–H and O–H groups in total. The zero-order valence-electron chi connectivity index (χ0n) is 22.7. The van der Waals surface area contributed by atoms with Gasteiger partial charge >= 0.3 is 0 Å². The number of aliphatic hydroxyl groups excluding tert-OH is 9. The van der Waals surface area contributed by atoms with Gasteiger partial charge in [-0.1, -0.05) is 6.08 Å². The molecular formula is C29H42O12. The molecule has 2 aliphatic heterocycles. The van der Waals surface area contributed by atoms with E-state index in [4.69, 9.17) is 9.47 Å². The molecule has 0 amide bonds. The highest BCUT2D eigenvalue weighted by molar-refractivity contribution is 5.97. The highest BCUT2D eigenvalue weighted by Gasteiger charge is 2.55.